The normalized spacial score (nSPS) is 13.6. The molecule has 3 rings (SSSR count). The molecule has 0 bridgehead atoms. The third-order valence-corrected chi connectivity index (χ3v) is 13.0. The van der Waals surface area contributed by atoms with Crippen molar-refractivity contribution >= 4 is 40.0 Å². The first kappa shape index (κ1) is 33.3. The first-order valence-corrected chi connectivity index (χ1v) is 19.5. The lowest BCUT2D eigenvalue weighted by Gasteiger charge is -2.40. The van der Waals surface area contributed by atoms with Crippen molar-refractivity contribution in [2.24, 2.45) is 0 Å². The lowest BCUT2D eigenvalue weighted by atomic mass is 9.94. The third-order valence-electron chi connectivity index (χ3n) is 7.45. The van der Waals surface area contributed by atoms with Crippen molar-refractivity contribution in [3.8, 4) is 5.75 Å². The van der Waals surface area contributed by atoms with Gasteiger partial charge < -0.3 is 14.5 Å². The first-order valence-electron chi connectivity index (χ1n) is 13.9. The van der Waals surface area contributed by atoms with Crippen LogP contribution in [0.25, 0.3) is 0 Å². The molecule has 9 heteroatoms. The van der Waals surface area contributed by atoms with E-state index in [2.05, 4.69) is 91.9 Å². The molecule has 0 unspecified atom stereocenters. The second kappa shape index (κ2) is 13.4. The van der Waals surface area contributed by atoms with Gasteiger partial charge in [0.1, 0.15) is 12.4 Å². The third kappa shape index (κ3) is 10.6. The molecule has 1 atom stereocenters. The highest BCUT2D eigenvalue weighted by Gasteiger charge is 2.40. The molecule has 0 radical (unpaired) electrons. The van der Waals surface area contributed by atoms with Gasteiger partial charge in [0.05, 0.1) is 18.0 Å². The lowest BCUT2D eigenvalue weighted by molar-refractivity contribution is 0.166. The van der Waals surface area contributed by atoms with Crippen LogP contribution in [0.15, 0.2) is 77.3 Å². The number of halogens is 1. The van der Waals surface area contributed by atoms with Crippen LogP contribution in [-0.2, 0) is 27.5 Å². The average molecular weight is 662 g/mol. The minimum atomic E-state index is -3.54. The molecule has 0 aliphatic carbocycles. The largest absolute Gasteiger partial charge is 0.487 e. The molecule has 0 aliphatic rings. The van der Waals surface area contributed by atoms with Gasteiger partial charge in [0.25, 0.3) is 0 Å². The summed E-state index contributed by atoms with van der Waals surface area (Å²) < 4.78 is 41.4. The molecule has 224 valence electrons. The second-order valence-corrected chi connectivity index (χ2v) is 20.3. The number of nitrogens with one attached hydrogen (secondary N) is 2. The highest BCUT2D eigenvalue weighted by atomic mass is 79.9. The Labute approximate surface area is 256 Å². The maximum atomic E-state index is 12.3. The molecular formula is C32H45BrN2O4SSi. The van der Waals surface area contributed by atoms with E-state index in [9.17, 15) is 8.42 Å². The van der Waals surface area contributed by atoms with Gasteiger partial charge in [0.2, 0.25) is 10.0 Å². The second-order valence-electron chi connectivity index (χ2n) is 12.8. The minimum absolute atomic E-state index is 0.00363. The number of ether oxygens (including phenoxy) is 1. The van der Waals surface area contributed by atoms with Gasteiger partial charge >= 0.3 is 0 Å². The van der Waals surface area contributed by atoms with Gasteiger partial charge in [0.15, 0.2) is 8.32 Å². The Morgan fingerprint density at radius 1 is 0.902 bits per heavy atom. The van der Waals surface area contributed by atoms with Crippen LogP contribution in [-0.4, -0.2) is 35.1 Å². The van der Waals surface area contributed by atoms with Crippen molar-refractivity contribution in [3.05, 3.63) is 94.0 Å². The van der Waals surface area contributed by atoms with E-state index in [1.54, 1.807) is 0 Å². The highest BCUT2D eigenvalue weighted by Crippen LogP contribution is 2.41. The molecule has 3 aromatic carbocycles. The molecule has 0 aliphatic heterocycles. The Morgan fingerprint density at radius 3 is 2.17 bits per heavy atom. The van der Waals surface area contributed by atoms with E-state index in [1.165, 1.54) is 5.56 Å². The van der Waals surface area contributed by atoms with Crippen LogP contribution in [0.3, 0.4) is 0 Å². The molecule has 0 spiro atoms. The van der Waals surface area contributed by atoms with Crippen LogP contribution >= 0.6 is 15.9 Å². The monoisotopic (exact) mass is 660 g/mol. The van der Waals surface area contributed by atoms with Crippen molar-refractivity contribution in [3.63, 3.8) is 0 Å². The summed E-state index contributed by atoms with van der Waals surface area (Å²) in [7, 11) is -5.72. The van der Waals surface area contributed by atoms with Crippen molar-refractivity contribution in [2.45, 2.75) is 77.4 Å². The van der Waals surface area contributed by atoms with Gasteiger partial charge in [-0.1, -0.05) is 85.2 Å². The average Bonchev–Trinajstić information content (AvgIpc) is 2.84. The fraction of sp³-hybridized carbons (Fsp3) is 0.438. The van der Waals surface area contributed by atoms with E-state index in [-0.39, 0.29) is 16.7 Å². The number of hydrogen-bond acceptors (Lipinski definition) is 5. The SMILES string of the molecule is CC(C)(Cc1cccc(Br)c1)NC[C@@H](O[Si](C)(C)C(C)(C)C)c1ccc(OCc2ccccc2)c(NS(C)(=O)=O)c1. The topological polar surface area (TPSA) is 76.7 Å². The minimum Gasteiger partial charge on any atom is -0.487 e. The molecule has 2 N–H and O–H groups in total. The van der Waals surface area contributed by atoms with Gasteiger partial charge in [-0.05, 0) is 79.4 Å². The van der Waals surface area contributed by atoms with Gasteiger partial charge in [-0.3, -0.25) is 4.72 Å². The van der Waals surface area contributed by atoms with Crippen molar-refractivity contribution in [2.75, 3.05) is 17.5 Å². The fourth-order valence-electron chi connectivity index (χ4n) is 4.24. The molecule has 6 nitrogen and oxygen atoms in total. The summed E-state index contributed by atoms with van der Waals surface area (Å²) in [6, 6.07) is 23.8. The van der Waals surface area contributed by atoms with Crippen LogP contribution < -0.4 is 14.8 Å². The zero-order valence-corrected chi connectivity index (χ0v) is 28.9. The van der Waals surface area contributed by atoms with E-state index in [1.807, 2.05) is 54.6 Å². The van der Waals surface area contributed by atoms with E-state index in [0.29, 0.717) is 24.6 Å². The summed E-state index contributed by atoms with van der Waals surface area (Å²) in [4.78, 5) is 0. The lowest BCUT2D eigenvalue weighted by Crippen LogP contribution is -2.47. The summed E-state index contributed by atoms with van der Waals surface area (Å²) in [5, 5.41) is 3.74. The number of hydrogen-bond donors (Lipinski definition) is 2. The molecule has 0 fully saturated rings. The van der Waals surface area contributed by atoms with E-state index >= 15 is 0 Å². The van der Waals surface area contributed by atoms with Gasteiger partial charge in [-0.2, -0.15) is 0 Å². The summed E-state index contributed by atoms with van der Waals surface area (Å²) in [6.07, 6.45) is 1.70. The molecule has 3 aromatic rings. The van der Waals surface area contributed by atoms with Crippen molar-refractivity contribution < 1.29 is 17.6 Å². The first-order chi connectivity index (χ1) is 18.9. The Bertz CT molecular complexity index is 1410. The van der Waals surface area contributed by atoms with Gasteiger partial charge in [0, 0.05) is 16.6 Å². The number of benzene rings is 3. The molecular weight excluding hydrogens is 616 g/mol. The quantitative estimate of drug-likeness (QED) is 0.181. The van der Waals surface area contributed by atoms with Gasteiger partial charge in [-0.25, -0.2) is 8.42 Å². The summed E-state index contributed by atoms with van der Waals surface area (Å²) in [5.41, 5.74) is 3.32. The molecule has 41 heavy (non-hydrogen) atoms. The van der Waals surface area contributed by atoms with Crippen LogP contribution in [0.5, 0.6) is 5.75 Å². The fourth-order valence-corrected chi connectivity index (χ4v) is 6.53. The summed E-state index contributed by atoms with van der Waals surface area (Å²) in [5.74, 6) is 0.469. The Balaban J connectivity index is 1.92. The van der Waals surface area contributed by atoms with Crippen molar-refractivity contribution in [1.29, 1.82) is 0 Å². The zero-order chi connectivity index (χ0) is 30.5. The maximum absolute atomic E-state index is 12.3. The summed E-state index contributed by atoms with van der Waals surface area (Å²) in [6.45, 7) is 16.4. The molecule has 0 saturated heterocycles. The molecule has 0 amide bonds. The predicted octanol–water partition coefficient (Wildman–Crippen LogP) is 8.07. The Morgan fingerprint density at radius 2 is 1.56 bits per heavy atom. The van der Waals surface area contributed by atoms with Crippen LogP contribution in [0.4, 0.5) is 5.69 Å². The molecule has 0 heterocycles. The standard InChI is InChI=1S/C32H45BrN2O4SSi/c1-31(2,3)41(7,8)39-30(22-34-32(4,5)21-25-15-12-16-27(33)19-25)26-17-18-29(28(20-26)35-40(6,36)37)38-23-24-13-10-9-11-14-24/h9-20,30,34-35H,21-23H2,1-8H3/t30-/m1/s1. The van der Waals surface area contributed by atoms with Crippen LogP contribution in [0.2, 0.25) is 18.1 Å². The number of rotatable bonds is 13. The van der Waals surface area contributed by atoms with Gasteiger partial charge in [-0.15, -0.1) is 0 Å². The Hall–Kier alpha value is -2.17. The molecule has 0 saturated carbocycles. The molecule has 0 aromatic heterocycles. The number of sulfonamides is 1. The zero-order valence-electron chi connectivity index (χ0n) is 25.5. The van der Waals surface area contributed by atoms with E-state index in [4.69, 9.17) is 9.16 Å². The predicted molar refractivity (Wildman–Crippen MR) is 177 cm³/mol. The van der Waals surface area contributed by atoms with Crippen LogP contribution in [0.1, 0.15) is 57.4 Å². The Kier molecular flexibility index (Phi) is 10.9. The summed E-state index contributed by atoms with van der Waals surface area (Å²) >= 11 is 3.58. The highest BCUT2D eigenvalue weighted by molar-refractivity contribution is 9.10. The smallest absolute Gasteiger partial charge is 0.229 e. The van der Waals surface area contributed by atoms with Crippen LogP contribution in [0, 0.1) is 0 Å². The number of anilines is 1. The van der Waals surface area contributed by atoms with Crippen molar-refractivity contribution in [1.82, 2.24) is 5.32 Å². The van der Waals surface area contributed by atoms with E-state index in [0.717, 1.165) is 28.3 Å². The van der Waals surface area contributed by atoms with E-state index < -0.39 is 18.3 Å². The maximum Gasteiger partial charge on any atom is 0.229 e.